The zero-order valence-corrected chi connectivity index (χ0v) is 15.1. The van der Waals surface area contributed by atoms with Gasteiger partial charge in [0.1, 0.15) is 11.2 Å². The lowest BCUT2D eigenvalue weighted by atomic mass is 10.2. The molecule has 0 radical (unpaired) electrons. The smallest absolute Gasteiger partial charge is 0.266 e. The Morgan fingerprint density at radius 3 is 2.62 bits per heavy atom. The Morgan fingerprint density at radius 2 is 1.96 bits per heavy atom. The summed E-state index contributed by atoms with van der Waals surface area (Å²) >= 11 is 1.37. The van der Waals surface area contributed by atoms with E-state index in [0.717, 1.165) is 24.7 Å². The van der Waals surface area contributed by atoms with Crippen molar-refractivity contribution in [2.24, 2.45) is 0 Å². The van der Waals surface area contributed by atoms with Gasteiger partial charge in [-0.3, -0.25) is 4.79 Å². The second-order valence-corrected chi connectivity index (χ2v) is 6.81. The van der Waals surface area contributed by atoms with Crippen molar-refractivity contribution in [2.45, 2.75) is 13.3 Å². The molecule has 3 aromatic heterocycles. The van der Waals surface area contributed by atoms with Crippen molar-refractivity contribution < 1.29 is 4.79 Å². The molecule has 0 spiro atoms. The molecule has 1 N–H and O–H groups in total. The highest BCUT2D eigenvalue weighted by Gasteiger charge is 2.27. The van der Waals surface area contributed by atoms with Crippen LogP contribution < -0.4 is 4.90 Å². The Balaban J connectivity index is 1.51. The molecule has 10 heteroatoms. The lowest BCUT2D eigenvalue weighted by Gasteiger charge is -2.34. The van der Waals surface area contributed by atoms with Gasteiger partial charge in [0, 0.05) is 38.6 Å². The fourth-order valence-electron chi connectivity index (χ4n) is 2.88. The van der Waals surface area contributed by atoms with Gasteiger partial charge in [-0.05, 0) is 12.5 Å². The molecule has 0 unspecified atom stereocenters. The van der Waals surface area contributed by atoms with E-state index < -0.39 is 0 Å². The summed E-state index contributed by atoms with van der Waals surface area (Å²) in [7, 11) is 0. The third kappa shape index (κ3) is 3.15. The van der Waals surface area contributed by atoms with E-state index in [2.05, 4.69) is 35.0 Å². The van der Waals surface area contributed by atoms with Gasteiger partial charge in [0.2, 0.25) is 5.95 Å². The fraction of sp³-hybridized carbons (Fsp3) is 0.375. The van der Waals surface area contributed by atoms with E-state index in [1.807, 2.05) is 11.8 Å². The number of rotatable bonds is 4. The number of piperazine rings is 1. The standard InChI is InChI=1S/C16H18N8OS/c1-2-11-12(26-14(21-11)13-17-4-3-5-18-13)15(25)23-6-8-24(9-7-23)16-19-10-20-22-16/h3-5,10H,2,6-9H2,1H3,(H,19,20,22). The zero-order chi connectivity index (χ0) is 17.9. The molecule has 0 saturated carbocycles. The Kier molecular flexibility index (Phi) is 4.57. The summed E-state index contributed by atoms with van der Waals surface area (Å²) in [4.78, 5) is 34.9. The van der Waals surface area contributed by atoms with Gasteiger partial charge in [-0.1, -0.05) is 6.92 Å². The number of aromatic amines is 1. The average Bonchev–Trinajstić information content (AvgIpc) is 3.38. The number of anilines is 1. The van der Waals surface area contributed by atoms with Gasteiger partial charge in [-0.25, -0.2) is 20.1 Å². The summed E-state index contributed by atoms with van der Waals surface area (Å²) in [6.07, 6.45) is 5.55. The van der Waals surface area contributed by atoms with Crippen molar-refractivity contribution in [3.05, 3.63) is 35.4 Å². The molecule has 0 bridgehead atoms. The monoisotopic (exact) mass is 370 g/mol. The number of aromatic nitrogens is 6. The highest BCUT2D eigenvalue weighted by atomic mass is 32.1. The average molecular weight is 370 g/mol. The van der Waals surface area contributed by atoms with E-state index in [-0.39, 0.29) is 5.91 Å². The van der Waals surface area contributed by atoms with Crippen molar-refractivity contribution in [3.8, 4) is 10.8 Å². The number of carbonyl (C=O) groups excluding carboxylic acids is 1. The molecule has 3 aromatic rings. The molecule has 0 aromatic carbocycles. The Bertz CT molecular complexity index is 871. The SMILES string of the molecule is CCc1nc(-c2ncccn2)sc1C(=O)N1CCN(c2ncn[nH]2)CC1. The number of thiazole rings is 1. The number of aryl methyl sites for hydroxylation is 1. The number of hydrogen-bond acceptors (Lipinski definition) is 8. The molecular weight excluding hydrogens is 352 g/mol. The van der Waals surface area contributed by atoms with Crippen LogP contribution in [0.2, 0.25) is 0 Å². The van der Waals surface area contributed by atoms with Crippen LogP contribution in [0.4, 0.5) is 5.95 Å². The van der Waals surface area contributed by atoms with Crippen LogP contribution in [0.5, 0.6) is 0 Å². The van der Waals surface area contributed by atoms with Crippen LogP contribution in [0.3, 0.4) is 0 Å². The molecule has 1 aliphatic rings. The lowest BCUT2D eigenvalue weighted by Crippen LogP contribution is -2.49. The lowest BCUT2D eigenvalue weighted by molar-refractivity contribution is 0.0750. The molecule has 1 saturated heterocycles. The Hall–Kier alpha value is -2.88. The van der Waals surface area contributed by atoms with Gasteiger partial charge in [0.25, 0.3) is 5.91 Å². The first-order chi connectivity index (χ1) is 12.8. The zero-order valence-electron chi connectivity index (χ0n) is 14.3. The summed E-state index contributed by atoms with van der Waals surface area (Å²) in [6, 6.07) is 1.76. The predicted molar refractivity (Wildman–Crippen MR) is 97.0 cm³/mol. The molecule has 1 amide bonds. The molecule has 4 rings (SSSR count). The molecule has 1 aliphatic heterocycles. The van der Waals surface area contributed by atoms with Crippen LogP contribution in [0, 0.1) is 0 Å². The first kappa shape index (κ1) is 16.6. The molecule has 0 atom stereocenters. The fourth-order valence-corrected chi connectivity index (χ4v) is 3.95. The van der Waals surface area contributed by atoms with E-state index in [1.165, 1.54) is 17.7 Å². The van der Waals surface area contributed by atoms with Crippen molar-refractivity contribution in [1.82, 2.24) is 35.0 Å². The minimum absolute atomic E-state index is 0.0266. The van der Waals surface area contributed by atoms with Crippen LogP contribution in [0.15, 0.2) is 24.8 Å². The Morgan fingerprint density at radius 1 is 1.19 bits per heavy atom. The highest BCUT2D eigenvalue weighted by Crippen LogP contribution is 2.27. The number of hydrogen-bond donors (Lipinski definition) is 1. The van der Waals surface area contributed by atoms with Gasteiger partial charge in [0.05, 0.1) is 5.69 Å². The third-order valence-corrected chi connectivity index (χ3v) is 5.33. The molecule has 9 nitrogen and oxygen atoms in total. The first-order valence-corrected chi connectivity index (χ1v) is 9.24. The van der Waals surface area contributed by atoms with Crippen molar-refractivity contribution in [1.29, 1.82) is 0 Å². The predicted octanol–water partition coefficient (Wildman–Crippen LogP) is 1.24. The van der Waals surface area contributed by atoms with E-state index in [4.69, 9.17) is 0 Å². The summed E-state index contributed by atoms with van der Waals surface area (Å²) in [6.45, 7) is 4.71. The van der Waals surface area contributed by atoms with E-state index >= 15 is 0 Å². The summed E-state index contributed by atoms with van der Waals surface area (Å²) in [5.74, 6) is 1.33. The number of H-pyrrole nitrogens is 1. The second-order valence-electron chi connectivity index (χ2n) is 5.81. The molecule has 4 heterocycles. The van der Waals surface area contributed by atoms with E-state index in [0.29, 0.717) is 35.2 Å². The van der Waals surface area contributed by atoms with Crippen LogP contribution >= 0.6 is 11.3 Å². The molecule has 1 fully saturated rings. The minimum Gasteiger partial charge on any atom is -0.338 e. The molecule has 134 valence electrons. The summed E-state index contributed by atoms with van der Waals surface area (Å²) in [5, 5.41) is 7.42. The largest absolute Gasteiger partial charge is 0.338 e. The normalized spacial score (nSPS) is 14.7. The van der Waals surface area contributed by atoms with Gasteiger partial charge in [-0.15, -0.1) is 11.3 Å². The third-order valence-electron chi connectivity index (χ3n) is 4.25. The maximum atomic E-state index is 13.0. The number of nitrogens with zero attached hydrogens (tertiary/aromatic N) is 7. The topological polar surface area (TPSA) is 104 Å². The van der Waals surface area contributed by atoms with Gasteiger partial charge >= 0.3 is 0 Å². The van der Waals surface area contributed by atoms with Gasteiger partial charge < -0.3 is 9.80 Å². The minimum atomic E-state index is 0.0266. The molecule has 0 aliphatic carbocycles. The molecular formula is C16H18N8OS. The number of nitrogens with one attached hydrogen (secondary N) is 1. The Labute approximate surface area is 154 Å². The number of carbonyl (C=O) groups is 1. The van der Waals surface area contributed by atoms with E-state index in [9.17, 15) is 4.79 Å². The highest BCUT2D eigenvalue weighted by molar-refractivity contribution is 7.17. The molecule has 26 heavy (non-hydrogen) atoms. The van der Waals surface area contributed by atoms with Gasteiger partial charge in [-0.2, -0.15) is 10.1 Å². The van der Waals surface area contributed by atoms with Gasteiger partial charge in [0.15, 0.2) is 10.8 Å². The second kappa shape index (κ2) is 7.16. The van der Waals surface area contributed by atoms with Crippen LogP contribution in [-0.2, 0) is 6.42 Å². The van der Waals surface area contributed by atoms with Crippen LogP contribution in [-0.4, -0.2) is 67.1 Å². The maximum Gasteiger partial charge on any atom is 0.266 e. The maximum absolute atomic E-state index is 13.0. The van der Waals surface area contributed by atoms with Crippen LogP contribution in [0.1, 0.15) is 22.3 Å². The number of amides is 1. The first-order valence-electron chi connectivity index (χ1n) is 8.43. The van der Waals surface area contributed by atoms with Crippen molar-refractivity contribution >= 4 is 23.2 Å². The summed E-state index contributed by atoms with van der Waals surface area (Å²) < 4.78 is 0. The van der Waals surface area contributed by atoms with Crippen molar-refractivity contribution in [3.63, 3.8) is 0 Å². The van der Waals surface area contributed by atoms with Crippen LogP contribution in [0.25, 0.3) is 10.8 Å². The quantitative estimate of drug-likeness (QED) is 0.737. The van der Waals surface area contributed by atoms with Crippen molar-refractivity contribution in [2.75, 3.05) is 31.1 Å². The summed E-state index contributed by atoms with van der Waals surface area (Å²) in [5.41, 5.74) is 0.806. The van der Waals surface area contributed by atoms with E-state index in [1.54, 1.807) is 18.5 Å².